The molecule has 0 N–H and O–H groups in total. The Labute approximate surface area is 69.4 Å². The summed E-state index contributed by atoms with van der Waals surface area (Å²) in [7, 11) is 0. The van der Waals surface area contributed by atoms with Crippen molar-refractivity contribution in [2.45, 2.75) is 45.1 Å². The molecule has 1 nitrogen and oxygen atoms in total. The predicted octanol–water partition coefficient (Wildman–Crippen LogP) is 2.91. The molecule has 0 atom stereocenters. The minimum absolute atomic E-state index is 0.134. The molecule has 0 aliphatic carbocycles. The van der Waals surface area contributed by atoms with E-state index in [0.29, 0.717) is 0 Å². The first-order valence-corrected chi connectivity index (χ1v) is 4.53. The lowest BCUT2D eigenvalue weighted by Crippen LogP contribution is -2.35. The summed E-state index contributed by atoms with van der Waals surface area (Å²) in [4.78, 5) is 0. The van der Waals surface area contributed by atoms with Crippen LogP contribution in [-0.4, -0.2) is 12.2 Å². The zero-order valence-corrected chi connectivity index (χ0v) is 7.65. The van der Waals surface area contributed by atoms with Gasteiger partial charge in [0.05, 0.1) is 12.2 Å². The van der Waals surface area contributed by atoms with E-state index in [2.05, 4.69) is 20.4 Å². The van der Waals surface area contributed by atoms with Gasteiger partial charge in [0, 0.05) is 0 Å². The first kappa shape index (κ1) is 8.79. The molecule has 0 aromatic heterocycles. The molecule has 0 radical (unpaired) electrons. The van der Waals surface area contributed by atoms with Gasteiger partial charge in [-0.05, 0) is 25.7 Å². The van der Waals surface area contributed by atoms with Crippen molar-refractivity contribution >= 4 is 0 Å². The molecule has 1 heterocycles. The van der Waals surface area contributed by atoms with Crippen LogP contribution in [0.1, 0.15) is 39.5 Å². The third kappa shape index (κ3) is 1.84. The van der Waals surface area contributed by atoms with Crippen LogP contribution in [0.5, 0.6) is 0 Å². The topological polar surface area (TPSA) is 9.23 Å². The van der Waals surface area contributed by atoms with Crippen molar-refractivity contribution in [1.29, 1.82) is 0 Å². The summed E-state index contributed by atoms with van der Waals surface area (Å²) in [5, 5.41) is 0. The fourth-order valence-electron chi connectivity index (χ4n) is 1.71. The largest absolute Gasteiger partial charge is 0.374 e. The van der Waals surface area contributed by atoms with Crippen LogP contribution in [-0.2, 0) is 4.74 Å². The van der Waals surface area contributed by atoms with Gasteiger partial charge in [-0.1, -0.05) is 26.0 Å². The molecule has 11 heavy (non-hydrogen) atoms. The lowest BCUT2D eigenvalue weighted by atomic mass is 9.86. The van der Waals surface area contributed by atoms with Crippen molar-refractivity contribution in [1.82, 2.24) is 0 Å². The zero-order chi connectivity index (χ0) is 8.32. The fourth-order valence-corrected chi connectivity index (χ4v) is 1.71. The van der Waals surface area contributed by atoms with Gasteiger partial charge in [0.2, 0.25) is 0 Å². The molecule has 1 heteroatoms. The van der Waals surface area contributed by atoms with Gasteiger partial charge in [0.25, 0.3) is 0 Å². The first-order valence-electron chi connectivity index (χ1n) is 4.53. The monoisotopic (exact) mass is 154 g/mol. The van der Waals surface area contributed by atoms with Crippen molar-refractivity contribution in [3.63, 3.8) is 0 Å². The zero-order valence-electron chi connectivity index (χ0n) is 7.65. The summed E-state index contributed by atoms with van der Waals surface area (Å²) in [5.74, 6) is 0. The highest BCUT2D eigenvalue weighted by Crippen LogP contribution is 2.33. The normalized spacial score (nSPS) is 23.6. The summed E-state index contributed by atoms with van der Waals surface area (Å²) in [6, 6.07) is 0. The van der Waals surface area contributed by atoms with Crippen molar-refractivity contribution in [3.05, 3.63) is 12.2 Å². The van der Waals surface area contributed by atoms with Crippen molar-refractivity contribution in [2.24, 2.45) is 0 Å². The van der Waals surface area contributed by atoms with E-state index in [9.17, 15) is 0 Å². The van der Waals surface area contributed by atoms with Crippen LogP contribution in [0.15, 0.2) is 12.2 Å². The maximum atomic E-state index is 5.77. The molecule has 64 valence electrons. The highest BCUT2D eigenvalue weighted by atomic mass is 16.5. The highest BCUT2D eigenvalue weighted by molar-refractivity contribution is 5.04. The molecule has 1 saturated heterocycles. The molecule has 1 aliphatic rings. The summed E-state index contributed by atoms with van der Waals surface area (Å²) in [6.45, 7) is 9.29. The average molecular weight is 154 g/mol. The van der Waals surface area contributed by atoms with Gasteiger partial charge < -0.3 is 4.74 Å². The Morgan fingerprint density at radius 1 is 1.45 bits per heavy atom. The maximum absolute atomic E-state index is 5.77. The molecule has 0 amide bonds. The van der Waals surface area contributed by atoms with Gasteiger partial charge in [-0.25, -0.2) is 0 Å². The Balaban J connectivity index is 2.59. The van der Waals surface area contributed by atoms with Gasteiger partial charge >= 0.3 is 0 Å². The SMILES string of the molecule is C=C1CCOC(CC)(CC)C1. The van der Waals surface area contributed by atoms with Gasteiger partial charge in [-0.15, -0.1) is 0 Å². The first-order chi connectivity index (χ1) is 5.22. The molecule has 0 unspecified atom stereocenters. The molecule has 1 aliphatic heterocycles. The van der Waals surface area contributed by atoms with Crippen LogP contribution in [0.4, 0.5) is 0 Å². The third-order valence-electron chi connectivity index (χ3n) is 2.72. The second-order valence-electron chi connectivity index (χ2n) is 3.42. The van der Waals surface area contributed by atoms with Crippen LogP contribution in [0.2, 0.25) is 0 Å². The van der Waals surface area contributed by atoms with Crippen LogP contribution in [0, 0.1) is 0 Å². The molecule has 0 aromatic carbocycles. The van der Waals surface area contributed by atoms with Crippen molar-refractivity contribution in [3.8, 4) is 0 Å². The van der Waals surface area contributed by atoms with Gasteiger partial charge in [0.15, 0.2) is 0 Å². The second kappa shape index (κ2) is 3.40. The lowest BCUT2D eigenvalue weighted by molar-refractivity contribution is -0.0660. The molecular weight excluding hydrogens is 136 g/mol. The van der Waals surface area contributed by atoms with Crippen LogP contribution >= 0.6 is 0 Å². The Hall–Kier alpha value is -0.300. The van der Waals surface area contributed by atoms with E-state index in [4.69, 9.17) is 4.74 Å². The third-order valence-corrected chi connectivity index (χ3v) is 2.72. The van der Waals surface area contributed by atoms with Crippen LogP contribution in [0.25, 0.3) is 0 Å². The van der Waals surface area contributed by atoms with E-state index < -0.39 is 0 Å². The standard InChI is InChI=1S/C10H18O/c1-4-10(5-2)8-9(3)6-7-11-10/h3-8H2,1-2H3. The van der Waals surface area contributed by atoms with Gasteiger partial charge in [-0.2, -0.15) is 0 Å². The number of hydrogen-bond acceptors (Lipinski definition) is 1. The van der Waals surface area contributed by atoms with E-state index in [0.717, 1.165) is 32.3 Å². The smallest absolute Gasteiger partial charge is 0.0714 e. The summed E-state index contributed by atoms with van der Waals surface area (Å²) in [5.41, 5.74) is 1.50. The summed E-state index contributed by atoms with van der Waals surface area (Å²) >= 11 is 0. The number of hydrogen-bond donors (Lipinski definition) is 0. The van der Waals surface area contributed by atoms with E-state index in [1.54, 1.807) is 0 Å². The van der Waals surface area contributed by atoms with Gasteiger partial charge in [-0.3, -0.25) is 0 Å². The molecule has 1 rings (SSSR count). The molecular formula is C10H18O. The maximum Gasteiger partial charge on any atom is 0.0714 e. The van der Waals surface area contributed by atoms with E-state index in [1.807, 2.05) is 0 Å². The van der Waals surface area contributed by atoms with Crippen LogP contribution < -0.4 is 0 Å². The Morgan fingerprint density at radius 3 is 2.45 bits per heavy atom. The van der Waals surface area contributed by atoms with Crippen molar-refractivity contribution in [2.75, 3.05) is 6.61 Å². The molecule has 0 saturated carbocycles. The summed E-state index contributed by atoms with van der Waals surface area (Å²) in [6.07, 6.45) is 4.35. The minimum Gasteiger partial charge on any atom is -0.374 e. The van der Waals surface area contributed by atoms with E-state index in [1.165, 1.54) is 5.57 Å². The Kier molecular flexibility index (Phi) is 2.72. The quantitative estimate of drug-likeness (QED) is 0.556. The number of ether oxygens (including phenoxy) is 1. The highest BCUT2D eigenvalue weighted by Gasteiger charge is 2.30. The van der Waals surface area contributed by atoms with E-state index in [-0.39, 0.29) is 5.60 Å². The molecule has 1 fully saturated rings. The second-order valence-corrected chi connectivity index (χ2v) is 3.42. The fraction of sp³-hybridized carbons (Fsp3) is 0.800. The summed E-state index contributed by atoms with van der Waals surface area (Å²) < 4.78 is 5.77. The molecule has 0 aromatic rings. The molecule has 0 spiro atoms. The van der Waals surface area contributed by atoms with Crippen molar-refractivity contribution < 1.29 is 4.74 Å². The molecule has 0 bridgehead atoms. The predicted molar refractivity (Wildman–Crippen MR) is 47.6 cm³/mol. The van der Waals surface area contributed by atoms with Crippen LogP contribution in [0.3, 0.4) is 0 Å². The Morgan fingerprint density at radius 2 is 2.09 bits per heavy atom. The van der Waals surface area contributed by atoms with E-state index >= 15 is 0 Å². The number of rotatable bonds is 2. The average Bonchev–Trinajstić information content (AvgIpc) is 2.04. The van der Waals surface area contributed by atoms with Gasteiger partial charge in [0.1, 0.15) is 0 Å². The minimum atomic E-state index is 0.134. The Bertz CT molecular complexity index is 145. The lowest BCUT2D eigenvalue weighted by Gasteiger charge is -2.36.